The second kappa shape index (κ2) is 8.06. The zero-order valence-electron chi connectivity index (χ0n) is 15.0. The minimum atomic E-state index is -0.208. The van der Waals surface area contributed by atoms with Crippen molar-refractivity contribution >= 4 is 17.2 Å². The normalized spacial score (nSPS) is 11.7. The number of amides is 1. The Morgan fingerprint density at radius 2 is 1.65 bits per heavy atom. The first-order valence-electron chi connectivity index (χ1n) is 8.24. The Morgan fingerprint density at radius 1 is 1.00 bits per heavy atom. The molecule has 26 heavy (non-hydrogen) atoms. The third-order valence-electron chi connectivity index (χ3n) is 4.13. The summed E-state index contributed by atoms with van der Waals surface area (Å²) in [5.74, 6) is 0.983. The molecule has 0 aliphatic carbocycles. The quantitative estimate of drug-likeness (QED) is 0.693. The molecule has 1 aromatic heterocycles. The number of ether oxygens (including phenoxy) is 2. The van der Waals surface area contributed by atoms with Crippen LogP contribution in [0.2, 0.25) is 0 Å². The molecule has 1 heterocycles. The van der Waals surface area contributed by atoms with Gasteiger partial charge < -0.3 is 14.8 Å². The zero-order valence-corrected chi connectivity index (χ0v) is 15.8. The summed E-state index contributed by atoms with van der Waals surface area (Å²) in [6.45, 7) is 2.05. The van der Waals surface area contributed by atoms with Gasteiger partial charge in [-0.15, -0.1) is 11.3 Å². The fraction of sp³-hybridized carbons (Fsp3) is 0.190. The van der Waals surface area contributed by atoms with Crippen molar-refractivity contribution in [1.29, 1.82) is 0 Å². The molecule has 1 unspecified atom stereocenters. The lowest BCUT2D eigenvalue weighted by molar-refractivity contribution is 0.0943. The van der Waals surface area contributed by atoms with Crippen LogP contribution < -0.4 is 14.8 Å². The van der Waals surface area contributed by atoms with Crippen LogP contribution >= 0.6 is 11.3 Å². The third kappa shape index (κ3) is 4.06. The maximum absolute atomic E-state index is 12.9. The van der Waals surface area contributed by atoms with E-state index in [4.69, 9.17) is 9.47 Å². The monoisotopic (exact) mass is 367 g/mol. The molecule has 0 saturated heterocycles. The Hall–Kier alpha value is -2.79. The van der Waals surface area contributed by atoms with Gasteiger partial charge in [-0.25, -0.2) is 0 Å². The maximum Gasteiger partial charge on any atom is 0.252 e. The van der Waals surface area contributed by atoms with Crippen LogP contribution in [0.5, 0.6) is 11.5 Å². The molecule has 2 aromatic carbocycles. The molecule has 0 radical (unpaired) electrons. The number of carbonyl (C=O) groups excluding carboxylic acids is 1. The number of aryl methyl sites for hydroxylation is 1. The van der Waals surface area contributed by atoms with Crippen molar-refractivity contribution in [3.8, 4) is 11.5 Å². The molecule has 4 nitrogen and oxygen atoms in total. The van der Waals surface area contributed by atoms with Crippen LogP contribution in [0, 0.1) is 6.92 Å². The van der Waals surface area contributed by atoms with E-state index in [0.717, 1.165) is 10.4 Å². The molecule has 1 atom stereocenters. The Labute approximate surface area is 157 Å². The summed E-state index contributed by atoms with van der Waals surface area (Å²) in [5, 5.41) is 5.15. The molecule has 0 spiro atoms. The van der Waals surface area contributed by atoms with Gasteiger partial charge in [0, 0.05) is 16.5 Å². The largest absolute Gasteiger partial charge is 0.497 e. The van der Waals surface area contributed by atoms with Crippen molar-refractivity contribution in [2.75, 3.05) is 14.2 Å². The Kier molecular flexibility index (Phi) is 5.58. The third-order valence-corrected chi connectivity index (χ3v) is 5.06. The lowest BCUT2D eigenvalue weighted by Gasteiger charge is -2.19. The van der Waals surface area contributed by atoms with E-state index < -0.39 is 0 Å². The van der Waals surface area contributed by atoms with Crippen molar-refractivity contribution in [3.63, 3.8) is 0 Å². The molecule has 0 bridgehead atoms. The first kappa shape index (κ1) is 18.0. The number of methoxy groups -OCH3 is 2. The molecular weight excluding hydrogens is 346 g/mol. The van der Waals surface area contributed by atoms with E-state index in [0.29, 0.717) is 17.1 Å². The summed E-state index contributed by atoms with van der Waals surface area (Å²) in [4.78, 5) is 14.0. The first-order valence-corrected chi connectivity index (χ1v) is 9.12. The van der Waals surface area contributed by atoms with Crippen molar-refractivity contribution < 1.29 is 14.3 Å². The van der Waals surface area contributed by atoms with Crippen molar-refractivity contribution in [1.82, 2.24) is 5.32 Å². The second-order valence-electron chi connectivity index (χ2n) is 5.93. The molecule has 1 N–H and O–H groups in total. The predicted molar refractivity (Wildman–Crippen MR) is 104 cm³/mol. The molecule has 5 heteroatoms. The lowest BCUT2D eigenvalue weighted by Crippen LogP contribution is -2.28. The highest BCUT2D eigenvalue weighted by molar-refractivity contribution is 7.10. The number of benzene rings is 2. The van der Waals surface area contributed by atoms with Crippen LogP contribution in [-0.2, 0) is 0 Å². The van der Waals surface area contributed by atoms with Gasteiger partial charge >= 0.3 is 0 Å². The van der Waals surface area contributed by atoms with Crippen LogP contribution in [0.4, 0.5) is 0 Å². The van der Waals surface area contributed by atoms with Gasteiger partial charge in [0.1, 0.15) is 11.5 Å². The number of carbonyl (C=O) groups is 1. The smallest absolute Gasteiger partial charge is 0.252 e. The molecule has 1 amide bonds. The van der Waals surface area contributed by atoms with E-state index >= 15 is 0 Å². The number of hydrogen-bond acceptors (Lipinski definition) is 4. The van der Waals surface area contributed by atoms with Gasteiger partial charge in [-0.05, 0) is 36.1 Å². The summed E-state index contributed by atoms with van der Waals surface area (Å²) in [5.41, 5.74) is 2.72. The highest BCUT2D eigenvalue weighted by Crippen LogP contribution is 2.28. The van der Waals surface area contributed by atoms with Crippen molar-refractivity contribution in [3.05, 3.63) is 81.5 Å². The summed E-state index contributed by atoms with van der Waals surface area (Å²) in [7, 11) is 3.13. The van der Waals surface area contributed by atoms with Crippen molar-refractivity contribution in [2.45, 2.75) is 13.0 Å². The Bertz CT molecular complexity index is 851. The van der Waals surface area contributed by atoms with Crippen LogP contribution in [0.3, 0.4) is 0 Å². The topological polar surface area (TPSA) is 47.6 Å². The minimum Gasteiger partial charge on any atom is -0.497 e. The number of hydrogen-bond donors (Lipinski definition) is 1. The van der Waals surface area contributed by atoms with E-state index in [1.54, 1.807) is 43.8 Å². The molecule has 0 fully saturated rings. The van der Waals surface area contributed by atoms with Crippen molar-refractivity contribution in [2.24, 2.45) is 0 Å². The fourth-order valence-corrected chi connectivity index (χ4v) is 3.49. The number of thiophene rings is 1. The zero-order chi connectivity index (χ0) is 18.5. The van der Waals surface area contributed by atoms with Crippen LogP contribution in [0.25, 0.3) is 0 Å². The first-order chi connectivity index (χ1) is 12.6. The average molecular weight is 367 g/mol. The fourth-order valence-electron chi connectivity index (χ4n) is 2.69. The SMILES string of the molecule is COc1cc(OC)cc(C(=O)NC(c2ccc(C)cc2)c2cccs2)c1. The molecule has 3 rings (SSSR count). The van der Waals surface area contributed by atoms with Gasteiger partial charge in [-0.2, -0.15) is 0 Å². The standard InChI is InChI=1S/C21H21NO3S/c1-14-6-8-15(9-7-14)20(19-5-4-10-26-19)22-21(23)16-11-17(24-2)13-18(12-16)25-3/h4-13,20H,1-3H3,(H,22,23). The van der Waals surface area contributed by atoms with E-state index in [1.165, 1.54) is 5.56 Å². The highest BCUT2D eigenvalue weighted by Gasteiger charge is 2.19. The second-order valence-corrected chi connectivity index (χ2v) is 6.91. The van der Waals surface area contributed by atoms with Crippen LogP contribution in [0.1, 0.15) is 32.4 Å². The van der Waals surface area contributed by atoms with Gasteiger partial charge in [0.05, 0.1) is 20.3 Å². The van der Waals surface area contributed by atoms with E-state index in [-0.39, 0.29) is 11.9 Å². The summed E-state index contributed by atoms with van der Waals surface area (Å²) >= 11 is 1.62. The van der Waals surface area contributed by atoms with Gasteiger partial charge in [-0.1, -0.05) is 35.9 Å². The molecule has 0 aliphatic rings. The Balaban J connectivity index is 1.92. The van der Waals surface area contributed by atoms with Crippen LogP contribution in [-0.4, -0.2) is 20.1 Å². The summed E-state index contributed by atoms with van der Waals surface area (Å²) < 4.78 is 10.5. The predicted octanol–water partition coefficient (Wildman–Crippen LogP) is 4.59. The van der Waals surface area contributed by atoms with E-state index in [9.17, 15) is 4.79 Å². The van der Waals surface area contributed by atoms with E-state index in [2.05, 4.69) is 17.4 Å². The number of rotatable bonds is 6. The molecular formula is C21H21NO3S. The van der Waals surface area contributed by atoms with Gasteiger partial charge in [-0.3, -0.25) is 4.79 Å². The molecule has 0 saturated carbocycles. The molecule has 0 aliphatic heterocycles. The summed E-state index contributed by atoms with van der Waals surface area (Å²) in [6.07, 6.45) is 0. The lowest BCUT2D eigenvalue weighted by atomic mass is 10.0. The molecule has 134 valence electrons. The number of nitrogens with one attached hydrogen (secondary N) is 1. The van der Waals surface area contributed by atoms with Crippen LogP contribution in [0.15, 0.2) is 60.0 Å². The minimum absolute atomic E-state index is 0.179. The van der Waals surface area contributed by atoms with Gasteiger partial charge in [0.25, 0.3) is 5.91 Å². The summed E-state index contributed by atoms with van der Waals surface area (Å²) in [6, 6.07) is 17.2. The van der Waals surface area contributed by atoms with Gasteiger partial charge in [0.15, 0.2) is 0 Å². The Morgan fingerprint density at radius 3 is 2.19 bits per heavy atom. The maximum atomic E-state index is 12.9. The highest BCUT2D eigenvalue weighted by atomic mass is 32.1. The van der Waals surface area contributed by atoms with Gasteiger partial charge in [0.2, 0.25) is 0 Å². The molecule has 3 aromatic rings. The van der Waals surface area contributed by atoms with E-state index in [1.807, 2.05) is 36.6 Å². The average Bonchev–Trinajstić information content (AvgIpc) is 3.20.